The molecule has 2 atom stereocenters. The summed E-state index contributed by atoms with van der Waals surface area (Å²) in [5.41, 5.74) is 5.69. The lowest BCUT2D eigenvalue weighted by Gasteiger charge is -2.37. The Hall–Kier alpha value is -1.29. The smallest absolute Gasteiger partial charge is 0.289 e. The molecule has 1 aromatic heterocycles. The van der Waals surface area contributed by atoms with E-state index in [2.05, 4.69) is 6.92 Å². The summed E-state index contributed by atoms with van der Waals surface area (Å²) in [6.45, 7) is 5.32. The number of piperidine rings is 1. The maximum atomic E-state index is 12.3. The summed E-state index contributed by atoms with van der Waals surface area (Å²) >= 11 is 0. The first kappa shape index (κ1) is 12.2. The first-order valence-electron chi connectivity index (χ1n) is 6.19. The van der Waals surface area contributed by atoms with Crippen LogP contribution in [0.5, 0.6) is 0 Å². The van der Waals surface area contributed by atoms with E-state index in [1.165, 1.54) is 0 Å². The maximum absolute atomic E-state index is 12.3. The predicted molar refractivity (Wildman–Crippen MR) is 65.7 cm³/mol. The lowest BCUT2D eigenvalue weighted by molar-refractivity contribution is 0.0533. The number of hydrogen-bond acceptors (Lipinski definition) is 3. The topological polar surface area (TPSA) is 59.5 Å². The van der Waals surface area contributed by atoms with Gasteiger partial charge in [0.15, 0.2) is 5.76 Å². The van der Waals surface area contributed by atoms with Crippen molar-refractivity contribution in [2.45, 2.75) is 32.7 Å². The van der Waals surface area contributed by atoms with Gasteiger partial charge in [0.1, 0.15) is 5.76 Å². The van der Waals surface area contributed by atoms with Crippen molar-refractivity contribution in [3.63, 3.8) is 0 Å². The number of rotatable bonds is 2. The van der Waals surface area contributed by atoms with E-state index in [0.29, 0.717) is 18.2 Å². The minimum absolute atomic E-state index is 0.0104. The van der Waals surface area contributed by atoms with Crippen LogP contribution < -0.4 is 5.73 Å². The fraction of sp³-hybridized carbons (Fsp3) is 0.615. The third-order valence-electron chi connectivity index (χ3n) is 3.52. The van der Waals surface area contributed by atoms with Gasteiger partial charge in [-0.2, -0.15) is 0 Å². The molecule has 2 rings (SSSR count). The number of likely N-dealkylation sites (tertiary alicyclic amines) is 1. The van der Waals surface area contributed by atoms with Crippen LogP contribution >= 0.6 is 0 Å². The Bertz CT molecular complexity index is 400. The molecule has 1 saturated heterocycles. The molecular formula is C13H20N2O2. The molecule has 2 heterocycles. The molecule has 1 fully saturated rings. The highest BCUT2D eigenvalue weighted by Gasteiger charge is 2.30. The molecule has 0 radical (unpaired) electrons. The fourth-order valence-electron chi connectivity index (χ4n) is 2.35. The standard InChI is InChI=1S/C13H20N2O2/c1-9-3-5-11(7-14)8-15(9)13(16)12-6-4-10(2)17-12/h4,6,9,11H,3,5,7-8,14H2,1-2H3. The minimum atomic E-state index is -0.0104. The van der Waals surface area contributed by atoms with E-state index >= 15 is 0 Å². The zero-order chi connectivity index (χ0) is 12.4. The number of carbonyl (C=O) groups excluding carboxylic acids is 1. The van der Waals surface area contributed by atoms with Gasteiger partial charge in [0.2, 0.25) is 0 Å². The first-order valence-corrected chi connectivity index (χ1v) is 6.19. The highest BCUT2D eigenvalue weighted by Crippen LogP contribution is 2.23. The van der Waals surface area contributed by atoms with Crippen LogP contribution in [0, 0.1) is 12.8 Å². The van der Waals surface area contributed by atoms with Crippen LogP contribution in [-0.2, 0) is 0 Å². The quantitative estimate of drug-likeness (QED) is 0.851. The Morgan fingerprint density at radius 1 is 1.53 bits per heavy atom. The second-order valence-corrected chi connectivity index (χ2v) is 4.90. The van der Waals surface area contributed by atoms with Gasteiger partial charge in [0.05, 0.1) is 0 Å². The Balaban J connectivity index is 2.12. The zero-order valence-corrected chi connectivity index (χ0v) is 10.5. The largest absolute Gasteiger partial charge is 0.456 e. The molecule has 94 valence electrons. The summed E-state index contributed by atoms with van der Waals surface area (Å²) in [7, 11) is 0. The van der Waals surface area contributed by atoms with Gasteiger partial charge in [-0.1, -0.05) is 0 Å². The summed E-state index contributed by atoms with van der Waals surface area (Å²) < 4.78 is 5.39. The highest BCUT2D eigenvalue weighted by molar-refractivity contribution is 5.91. The monoisotopic (exact) mass is 236 g/mol. The number of amides is 1. The van der Waals surface area contributed by atoms with E-state index in [1.807, 2.05) is 17.9 Å². The van der Waals surface area contributed by atoms with Gasteiger partial charge in [-0.15, -0.1) is 0 Å². The van der Waals surface area contributed by atoms with Crippen LogP contribution in [0.15, 0.2) is 16.5 Å². The molecule has 4 nitrogen and oxygen atoms in total. The molecule has 4 heteroatoms. The number of aryl methyl sites for hydroxylation is 1. The molecule has 0 saturated carbocycles. The first-order chi connectivity index (χ1) is 8.11. The van der Waals surface area contributed by atoms with E-state index in [9.17, 15) is 4.79 Å². The van der Waals surface area contributed by atoms with Gasteiger partial charge in [0.25, 0.3) is 5.91 Å². The maximum Gasteiger partial charge on any atom is 0.289 e. The van der Waals surface area contributed by atoms with Crippen LogP contribution in [0.3, 0.4) is 0 Å². The molecule has 0 spiro atoms. The second-order valence-electron chi connectivity index (χ2n) is 4.90. The summed E-state index contributed by atoms with van der Waals surface area (Å²) in [6.07, 6.45) is 2.13. The molecule has 2 unspecified atom stereocenters. The molecule has 1 aliphatic heterocycles. The summed E-state index contributed by atoms with van der Waals surface area (Å²) in [4.78, 5) is 14.2. The van der Waals surface area contributed by atoms with E-state index in [1.54, 1.807) is 6.07 Å². The average molecular weight is 236 g/mol. The molecule has 2 N–H and O–H groups in total. The van der Waals surface area contributed by atoms with Gasteiger partial charge in [0, 0.05) is 12.6 Å². The van der Waals surface area contributed by atoms with Crippen LogP contribution in [0.25, 0.3) is 0 Å². The van der Waals surface area contributed by atoms with E-state index < -0.39 is 0 Å². The van der Waals surface area contributed by atoms with Crippen molar-refractivity contribution >= 4 is 5.91 Å². The molecule has 0 aromatic carbocycles. The van der Waals surface area contributed by atoms with Crippen LogP contribution in [-0.4, -0.2) is 29.9 Å². The third kappa shape index (κ3) is 2.52. The lowest BCUT2D eigenvalue weighted by atomic mass is 9.93. The number of nitrogens with zero attached hydrogens (tertiary/aromatic N) is 1. The van der Waals surface area contributed by atoms with Crippen molar-refractivity contribution in [3.8, 4) is 0 Å². The zero-order valence-electron chi connectivity index (χ0n) is 10.5. The van der Waals surface area contributed by atoms with E-state index in [-0.39, 0.29) is 11.9 Å². The minimum Gasteiger partial charge on any atom is -0.456 e. The molecule has 0 bridgehead atoms. The number of furan rings is 1. The van der Waals surface area contributed by atoms with Gasteiger partial charge < -0.3 is 15.1 Å². The van der Waals surface area contributed by atoms with Gasteiger partial charge in [-0.05, 0) is 51.3 Å². The Kier molecular flexibility index (Phi) is 3.52. The number of hydrogen-bond donors (Lipinski definition) is 1. The summed E-state index contributed by atoms with van der Waals surface area (Å²) in [5.74, 6) is 1.62. The van der Waals surface area contributed by atoms with Gasteiger partial charge in [-0.25, -0.2) is 0 Å². The van der Waals surface area contributed by atoms with Gasteiger partial charge in [-0.3, -0.25) is 4.79 Å². The molecule has 1 amide bonds. The van der Waals surface area contributed by atoms with Crippen molar-refractivity contribution in [1.29, 1.82) is 0 Å². The summed E-state index contributed by atoms with van der Waals surface area (Å²) in [6, 6.07) is 3.84. The normalized spacial score (nSPS) is 25.0. The molecule has 17 heavy (non-hydrogen) atoms. The molecule has 0 aliphatic carbocycles. The number of carbonyl (C=O) groups is 1. The Morgan fingerprint density at radius 2 is 2.29 bits per heavy atom. The van der Waals surface area contributed by atoms with Gasteiger partial charge >= 0.3 is 0 Å². The van der Waals surface area contributed by atoms with Crippen molar-refractivity contribution in [3.05, 3.63) is 23.7 Å². The Labute approximate surface area is 102 Å². The van der Waals surface area contributed by atoms with Crippen LogP contribution in [0.2, 0.25) is 0 Å². The van der Waals surface area contributed by atoms with Crippen molar-refractivity contribution in [2.24, 2.45) is 11.7 Å². The van der Waals surface area contributed by atoms with E-state index in [4.69, 9.17) is 10.2 Å². The van der Waals surface area contributed by atoms with Crippen molar-refractivity contribution < 1.29 is 9.21 Å². The van der Waals surface area contributed by atoms with Crippen LogP contribution in [0.4, 0.5) is 0 Å². The second kappa shape index (κ2) is 4.92. The summed E-state index contributed by atoms with van der Waals surface area (Å²) in [5, 5.41) is 0. The third-order valence-corrected chi connectivity index (χ3v) is 3.52. The van der Waals surface area contributed by atoms with Crippen molar-refractivity contribution in [2.75, 3.05) is 13.1 Å². The predicted octanol–water partition coefficient (Wildman–Crippen LogP) is 1.79. The molecular weight excluding hydrogens is 216 g/mol. The molecule has 1 aromatic rings. The Morgan fingerprint density at radius 3 is 2.88 bits per heavy atom. The SMILES string of the molecule is Cc1ccc(C(=O)N2CC(CN)CCC2C)o1. The number of nitrogens with two attached hydrogens (primary N) is 1. The average Bonchev–Trinajstić information content (AvgIpc) is 2.76. The fourth-order valence-corrected chi connectivity index (χ4v) is 2.35. The van der Waals surface area contributed by atoms with E-state index in [0.717, 1.165) is 25.1 Å². The lowest BCUT2D eigenvalue weighted by Crippen LogP contribution is -2.47. The van der Waals surface area contributed by atoms with Crippen LogP contribution in [0.1, 0.15) is 36.1 Å². The highest BCUT2D eigenvalue weighted by atomic mass is 16.3. The van der Waals surface area contributed by atoms with Crippen molar-refractivity contribution in [1.82, 2.24) is 4.90 Å². The molecule has 1 aliphatic rings.